The second-order valence-electron chi connectivity index (χ2n) is 4.99. The minimum absolute atomic E-state index is 0.136. The van der Waals surface area contributed by atoms with Crippen LogP contribution in [0.15, 0.2) is 24.3 Å². The van der Waals surface area contributed by atoms with E-state index in [1.165, 1.54) is 30.6 Å². The molecule has 1 aliphatic rings. The lowest BCUT2D eigenvalue weighted by Crippen LogP contribution is -2.11. The summed E-state index contributed by atoms with van der Waals surface area (Å²) < 4.78 is 0. The Bertz CT molecular complexity index is 399. The number of carbonyl (C=O) groups is 1. The summed E-state index contributed by atoms with van der Waals surface area (Å²) in [7, 11) is 4.01. The summed E-state index contributed by atoms with van der Waals surface area (Å²) in [5.41, 5.74) is 2.11. The van der Waals surface area contributed by atoms with E-state index in [0.717, 1.165) is 17.4 Å². The van der Waals surface area contributed by atoms with Crippen LogP contribution in [0.25, 0.3) is 0 Å². The minimum Gasteiger partial charge on any atom is -0.326 e. The molecule has 104 valence electrons. The largest absolute Gasteiger partial charge is 0.326 e. The van der Waals surface area contributed by atoms with Gasteiger partial charge in [0.25, 0.3) is 0 Å². The van der Waals surface area contributed by atoms with Gasteiger partial charge in [-0.25, -0.2) is 0 Å². The molecule has 0 bridgehead atoms. The second-order valence-corrected chi connectivity index (χ2v) is 7.78. The van der Waals surface area contributed by atoms with Gasteiger partial charge in [0.2, 0.25) is 5.91 Å². The maximum atomic E-state index is 11.8. The molecular formula is C15H21NOS2. The Kier molecular flexibility index (Phi) is 6.11. The minimum atomic E-state index is 0.136. The SMILES string of the molecule is Cc1ccc(NC(=O)CCCCC2CCSS2)cc1. The van der Waals surface area contributed by atoms with E-state index >= 15 is 0 Å². The van der Waals surface area contributed by atoms with Crippen molar-refractivity contribution >= 4 is 33.2 Å². The lowest BCUT2D eigenvalue weighted by Gasteiger charge is -2.07. The fourth-order valence-corrected chi connectivity index (χ4v) is 5.11. The third-order valence-electron chi connectivity index (χ3n) is 3.24. The number of amides is 1. The number of aryl methyl sites for hydroxylation is 1. The van der Waals surface area contributed by atoms with Crippen molar-refractivity contribution in [3.05, 3.63) is 29.8 Å². The Labute approximate surface area is 123 Å². The first-order valence-corrected chi connectivity index (χ1v) is 9.27. The number of rotatable bonds is 6. The van der Waals surface area contributed by atoms with E-state index in [4.69, 9.17) is 0 Å². The van der Waals surface area contributed by atoms with E-state index in [1.54, 1.807) is 0 Å². The van der Waals surface area contributed by atoms with Gasteiger partial charge in [-0.05, 0) is 38.3 Å². The molecule has 19 heavy (non-hydrogen) atoms. The van der Waals surface area contributed by atoms with Crippen LogP contribution in [0.2, 0.25) is 0 Å². The maximum Gasteiger partial charge on any atom is 0.224 e. The number of anilines is 1. The van der Waals surface area contributed by atoms with Crippen LogP contribution in [0.1, 0.15) is 37.7 Å². The summed E-state index contributed by atoms with van der Waals surface area (Å²) in [5, 5.41) is 3.77. The van der Waals surface area contributed by atoms with Crippen LogP contribution in [-0.2, 0) is 4.79 Å². The molecule has 1 aromatic carbocycles. The molecule has 0 radical (unpaired) electrons. The van der Waals surface area contributed by atoms with Crippen LogP contribution in [0.4, 0.5) is 5.69 Å². The standard InChI is InChI=1S/C15H21NOS2/c1-12-6-8-13(9-7-12)16-15(17)5-3-2-4-14-10-11-18-19-14/h6-9,14H,2-5,10-11H2,1H3,(H,16,17). The lowest BCUT2D eigenvalue weighted by atomic mass is 10.1. The Morgan fingerprint density at radius 2 is 2.11 bits per heavy atom. The smallest absolute Gasteiger partial charge is 0.224 e. The third-order valence-corrected chi connectivity index (χ3v) is 6.25. The molecule has 2 nitrogen and oxygen atoms in total. The highest BCUT2D eigenvalue weighted by atomic mass is 33.1. The van der Waals surface area contributed by atoms with Gasteiger partial charge in [0, 0.05) is 23.1 Å². The number of hydrogen-bond acceptors (Lipinski definition) is 3. The van der Waals surface area contributed by atoms with E-state index < -0.39 is 0 Å². The van der Waals surface area contributed by atoms with Crippen LogP contribution in [0.5, 0.6) is 0 Å². The van der Waals surface area contributed by atoms with Crippen molar-refractivity contribution in [2.24, 2.45) is 0 Å². The van der Waals surface area contributed by atoms with Crippen LogP contribution in [0.3, 0.4) is 0 Å². The number of unbranched alkanes of at least 4 members (excludes halogenated alkanes) is 1. The van der Waals surface area contributed by atoms with Gasteiger partial charge in [0.05, 0.1) is 0 Å². The molecular weight excluding hydrogens is 274 g/mol. The van der Waals surface area contributed by atoms with E-state index in [2.05, 4.69) is 5.32 Å². The monoisotopic (exact) mass is 295 g/mol. The average Bonchev–Trinajstić information content (AvgIpc) is 2.91. The number of benzene rings is 1. The fraction of sp³-hybridized carbons (Fsp3) is 0.533. The molecule has 0 aromatic heterocycles. The topological polar surface area (TPSA) is 29.1 Å². The quantitative estimate of drug-likeness (QED) is 0.612. The Hall–Kier alpha value is -0.610. The molecule has 1 fully saturated rings. The first-order chi connectivity index (χ1) is 9.24. The first-order valence-electron chi connectivity index (χ1n) is 6.89. The summed E-state index contributed by atoms with van der Waals surface area (Å²) in [6.07, 6.45) is 5.40. The normalized spacial score (nSPS) is 18.5. The molecule has 1 N–H and O–H groups in total. The number of carbonyl (C=O) groups excluding carboxylic acids is 1. The number of nitrogens with one attached hydrogen (secondary N) is 1. The zero-order valence-corrected chi connectivity index (χ0v) is 13.0. The van der Waals surface area contributed by atoms with Gasteiger partial charge in [-0.3, -0.25) is 4.79 Å². The Morgan fingerprint density at radius 1 is 1.32 bits per heavy atom. The highest BCUT2D eigenvalue weighted by Gasteiger charge is 2.15. The maximum absolute atomic E-state index is 11.8. The molecule has 1 aliphatic heterocycles. The molecule has 1 saturated heterocycles. The molecule has 0 aliphatic carbocycles. The molecule has 2 rings (SSSR count). The van der Waals surface area contributed by atoms with Gasteiger partial charge < -0.3 is 5.32 Å². The first kappa shape index (κ1) is 14.8. The lowest BCUT2D eigenvalue weighted by molar-refractivity contribution is -0.116. The highest BCUT2D eigenvalue weighted by Crippen LogP contribution is 2.39. The number of hydrogen-bond donors (Lipinski definition) is 1. The van der Waals surface area contributed by atoms with Gasteiger partial charge in [-0.2, -0.15) is 0 Å². The van der Waals surface area contributed by atoms with Crippen molar-refractivity contribution in [1.29, 1.82) is 0 Å². The van der Waals surface area contributed by atoms with Gasteiger partial charge in [0.15, 0.2) is 0 Å². The molecule has 1 aromatic rings. The molecule has 0 spiro atoms. The Balaban J connectivity index is 1.60. The van der Waals surface area contributed by atoms with Crippen LogP contribution < -0.4 is 5.32 Å². The predicted molar refractivity (Wildman–Crippen MR) is 86.7 cm³/mol. The summed E-state index contributed by atoms with van der Waals surface area (Å²) in [5.74, 6) is 1.43. The van der Waals surface area contributed by atoms with E-state index in [1.807, 2.05) is 52.8 Å². The molecule has 1 unspecified atom stereocenters. The summed E-state index contributed by atoms with van der Waals surface area (Å²) >= 11 is 0. The van der Waals surface area contributed by atoms with Crippen LogP contribution in [0, 0.1) is 6.92 Å². The van der Waals surface area contributed by atoms with Crippen LogP contribution in [-0.4, -0.2) is 16.9 Å². The van der Waals surface area contributed by atoms with Crippen molar-refractivity contribution in [3.63, 3.8) is 0 Å². The molecule has 1 atom stereocenters. The van der Waals surface area contributed by atoms with E-state index in [-0.39, 0.29) is 5.91 Å². The van der Waals surface area contributed by atoms with Crippen molar-refractivity contribution in [2.45, 2.75) is 44.3 Å². The van der Waals surface area contributed by atoms with Crippen molar-refractivity contribution in [2.75, 3.05) is 11.1 Å². The summed E-state index contributed by atoms with van der Waals surface area (Å²) in [6, 6.07) is 7.95. The van der Waals surface area contributed by atoms with Crippen molar-refractivity contribution < 1.29 is 4.79 Å². The van der Waals surface area contributed by atoms with Gasteiger partial charge in [-0.15, -0.1) is 0 Å². The van der Waals surface area contributed by atoms with E-state index in [9.17, 15) is 4.79 Å². The van der Waals surface area contributed by atoms with Gasteiger partial charge in [-0.1, -0.05) is 45.7 Å². The highest BCUT2D eigenvalue weighted by molar-refractivity contribution is 8.77. The molecule has 4 heteroatoms. The zero-order valence-electron chi connectivity index (χ0n) is 11.4. The third kappa shape index (κ3) is 5.49. The summed E-state index contributed by atoms with van der Waals surface area (Å²) in [6.45, 7) is 2.05. The van der Waals surface area contributed by atoms with Gasteiger partial charge >= 0.3 is 0 Å². The zero-order chi connectivity index (χ0) is 13.5. The summed E-state index contributed by atoms with van der Waals surface area (Å²) in [4.78, 5) is 11.8. The van der Waals surface area contributed by atoms with Crippen LogP contribution >= 0.6 is 21.6 Å². The molecule has 0 saturated carbocycles. The molecule has 1 amide bonds. The Morgan fingerprint density at radius 3 is 2.79 bits per heavy atom. The van der Waals surface area contributed by atoms with Crippen molar-refractivity contribution in [3.8, 4) is 0 Å². The van der Waals surface area contributed by atoms with Gasteiger partial charge in [0.1, 0.15) is 0 Å². The fourth-order valence-electron chi connectivity index (χ4n) is 2.08. The predicted octanol–water partition coefficient (Wildman–Crippen LogP) is 4.65. The molecule has 1 heterocycles. The average molecular weight is 295 g/mol. The van der Waals surface area contributed by atoms with E-state index in [0.29, 0.717) is 6.42 Å². The second kappa shape index (κ2) is 7.85. The van der Waals surface area contributed by atoms with Crippen molar-refractivity contribution in [1.82, 2.24) is 0 Å².